The highest BCUT2D eigenvalue weighted by atomic mass is 19.1. The molecule has 1 aromatic heterocycles. The molecule has 0 aromatic carbocycles. The van der Waals surface area contributed by atoms with Crippen LogP contribution >= 0.6 is 0 Å². The maximum atomic E-state index is 13.7. The summed E-state index contributed by atoms with van der Waals surface area (Å²) in [6.45, 7) is 1.96. The van der Waals surface area contributed by atoms with Crippen LogP contribution in [0.25, 0.3) is 0 Å². The zero-order valence-corrected chi connectivity index (χ0v) is 9.86. The molecule has 1 saturated heterocycles. The van der Waals surface area contributed by atoms with Gasteiger partial charge in [-0.15, -0.1) is 0 Å². The van der Waals surface area contributed by atoms with Crippen molar-refractivity contribution in [3.05, 3.63) is 23.6 Å². The van der Waals surface area contributed by atoms with E-state index >= 15 is 0 Å². The molecule has 0 amide bonds. The van der Waals surface area contributed by atoms with Crippen LogP contribution in [0.15, 0.2) is 12.3 Å². The van der Waals surface area contributed by atoms with Crippen LogP contribution in [0.3, 0.4) is 0 Å². The van der Waals surface area contributed by atoms with E-state index in [1.165, 1.54) is 6.20 Å². The van der Waals surface area contributed by atoms with Crippen molar-refractivity contribution >= 4 is 11.8 Å². The standard InChI is InChI=1S/C12H15FN2O3/c13-10-9(12(16)17)3-4-14-11(10)15-6-8-2-1-5-18-7-8/h3-4,8H,1-2,5-7H2,(H,14,15)(H,16,17). The molecule has 1 unspecified atom stereocenters. The van der Waals surface area contributed by atoms with E-state index in [0.29, 0.717) is 19.1 Å². The number of anilines is 1. The van der Waals surface area contributed by atoms with Crippen molar-refractivity contribution in [3.63, 3.8) is 0 Å². The quantitative estimate of drug-likeness (QED) is 0.856. The first-order chi connectivity index (χ1) is 8.68. The first-order valence-electron chi connectivity index (χ1n) is 5.88. The molecule has 2 rings (SSSR count). The minimum Gasteiger partial charge on any atom is -0.478 e. The van der Waals surface area contributed by atoms with Crippen molar-refractivity contribution < 1.29 is 19.0 Å². The summed E-state index contributed by atoms with van der Waals surface area (Å²) in [7, 11) is 0. The van der Waals surface area contributed by atoms with Gasteiger partial charge >= 0.3 is 5.97 Å². The van der Waals surface area contributed by atoms with Gasteiger partial charge in [0.2, 0.25) is 0 Å². The van der Waals surface area contributed by atoms with Crippen molar-refractivity contribution in [2.24, 2.45) is 5.92 Å². The molecule has 1 aliphatic rings. The minimum atomic E-state index is -1.29. The number of ether oxygens (including phenoxy) is 1. The van der Waals surface area contributed by atoms with Crippen LogP contribution in [0.4, 0.5) is 10.2 Å². The van der Waals surface area contributed by atoms with Crippen LogP contribution in [-0.2, 0) is 4.74 Å². The van der Waals surface area contributed by atoms with Crippen LogP contribution < -0.4 is 5.32 Å². The molecule has 0 bridgehead atoms. The van der Waals surface area contributed by atoms with Gasteiger partial charge in [-0.2, -0.15) is 0 Å². The molecular weight excluding hydrogens is 239 g/mol. The summed E-state index contributed by atoms with van der Waals surface area (Å²) >= 11 is 0. The van der Waals surface area contributed by atoms with E-state index in [-0.39, 0.29) is 11.4 Å². The fraction of sp³-hybridized carbons (Fsp3) is 0.500. The number of hydrogen-bond donors (Lipinski definition) is 2. The maximum Gasteiger partial charge on any atom is 0.338 e. The highest BCUT2D eigenvalue weighted by molar-refractivity contribution is 5.88. The fourth-order valence-electron chi connectivity index (χ4n) is 1.94. The molecule has 0 spiro atoms. The molecule has 1 fully saturated rings. The minimum absolute atomic E-state index is 0.0135. The van der Waals surface area contributed by atoms with E-state index in [1.54, 1.807) is 0 Å². The Morgan fingerprint density at radius 3 is 3.17 bits per heavy atom. The SMILES string of the molecule is O=C(O)c1ccnc(NCC2CCCOC2)c1F. The van der Waals surface area contributed by atoms with Crippen LogP contribution in [0, 0.1) is 11.7 Å². The number of hydrogen-bond acceptors (Lipinski definition) is 4. The number of pyridine rings is 1. The molecule has 0 radical (unpaired) electrons. The molecule has 98 valence electrons. The van der Waals surface area contributed by atoms with E-state index in [0.717, 1.165) is 25.5 Å². The number of aromatic nitrogens is 1. The zero-order valence-electron chi connectivity index (χ0n) is 9.86. The number of nitrogens with one attached hydrogen (secondary N) is 1. The van der Waals surface area contributed by atoms with Gasteiger partial charge in [-0.25, -0.2) is 14.2 Å². The highest BCUT2D eigenvalue weighted by Crippen LogP contribution is 2.18. The summed E-state index contributed by atoms with van der Waals surface area (Å²) in [5.41, 5.74) is -0.368. The van der Waals surface area contributed by atoms with Crippen molar-refractivity contribution in [2.75, 3.05) is 25.1 Å². The van der Waals surface area contributed by atoms with Crippen molar-refractivity contribution in [2.45, 2.75) is 12.8 Å². The largest absolute Gasteiger partial charge is 0.478 e. The van der Waals surface area contributed by atoms with E-state index in [4.69, 9.17) is 9.84 Å². The lowest BCUT2D eigenvalue weighted by molar-refractivity contribution is 0.0594. The molecule has 5 nitrogen and oxygen atoms in total. The molecule has 2 N–H and O–H groups in total. The lowest BCUT2D eigenvalue weighted by Crippen LogP contribution is -2.25. The van der Waals surface area contributed by atoms with Crippen LogP contribution in [0.5, 0.6) is 0 Å². The average molecular weight is 254 g/mol. The Bertz CT molecular complexity index is 433. The predicted octanol–water partition coefficient (Wildman–Crippen LogP) is 1.76. The smallest absolute Gasteiger partial charge is 0.338 e. The van der Waals surface area contributed by atoms with E-state index in [1.807, 2.05) is 0 Å². The second-order valence-corrected chi connectivity index (χ2v) is 4.29. The molecule has 0 saturated carbocycles. The summed E-state index contributed by atoms with van der Waals surface area (Å²) in [6, 6.07) is 1.15. The summed E-state index contributed by atoms with van der Waals surface area (Å²) in [6.07, 6.45) is 3.30. The van der Waals surface area contributed by atoms with E-state index in [9.17, 15) is 9.18 Å². The molecule has 1 atom stereocenters. The summed E-state index contributed by atoms with van der Waals surface area (Å²) in [4.78, 5) is 14.6. The van der Waals surface area contributed by atoms with Gasteiger partial charge in [0.15, 0.2) is 11.6 Å². The van der Waals surface area contributed by atoms with E-state index < -0.39 is 11.8 Å². The van der Waals surface area contributed by atoms with Gasteiger partial charge in [-0.3, -0.25) is 0 Å². The lowest BCUT2D eigenvalue weighted by Gasteiger charge is -2.22. The Morgan fingerprint density at radius 1 is 1.67 bits per heavy atom. The van der Waals surface area contributed by atoms with Crippen molar-refractivity contribution in [3.8, 4) is 0 Å². The average Bonchev–Trinajstić information content (AvgIpc) is 2.38. The van der Waals surface area contributed by atoms with Gasteiger partial charge < -0.3 is 15.2 Å². The van der Waals surface area contributed by atoms with Gasteiger partial charge in [-0.05, 0) is 24.8 Å². The Morgan fingerprint density at radius 2 is 2.50 bits per heavy atom. The van der Waals surface area contributed by atoms with Gasteiger partial charge in [0.1, 0.15) is 5.56 Å². The van der Waals surface area contributed by atoms with Gasteiger partial charge in [-0.1, -0.05) is 0 Å². The number of rotatable bonds is 4. The Kier molecular flexibility index (Phi) is 4.09. The monoisotopic (exact) mass is 254 g/mol. The Balaban J connectivity index is 2.00. The molecule has 1 aliphatic heterocycles. The van der Waals surface area contributed by atoms with Gasteiger partial charge in [0.25, 0.3) is 0 Å². The third-order valence-corrected chi connectivity index (χ3v) is 2.93. The van der Waals surface area contributed by atoms with Crippen molar-refractivity contribution in [1.29, 1.82) is 0 Å². The third kappa shape index (κ3) is 2.95. The fourth-order valence-corrected chi connectivity index (χ4v) is 1.94. The molecule has 2 heterocycles. The number of carboxylic acids is 1. The zero-order chi connectivity index (χ0) is 13.0. The first-order valence-corrected chi connectivity index (χ1v) is 5.88. The number of aromatic carboxylic acids is 1. The van der Waals surface area contributed by atoms with Crippen LogP contribution in [0.1, 0.15) is 23.2 Å². The Hall–Kier alpha value is -1.69. The number of carbonyl (C=O) groups is 1. The first kappa shape index (κ1) is 12.8. The molecule has 6 heteroatoms. The second kappa shape index (κ2) is 5.77. The van der Waals surface area contributed by atoms with Crippen LogP contribution in [-0.4, -0.2) is 35.8 Å². The summed E-state index contributed by atoms with van der Waals surface area (Å²) < 4.78 is 19.1. The second-order valence-electron chi connectivity index (χ2n) is 4.29. The predicted molar refractivity (Wildman–Crippen MR) is 63.2 cm³/mol. The third-order valence-electron chi connectivity index (χ3n) is 2.93. The number of nitrogens with zero attached hydrogens (tertiary/aromatic N) is 1. The highest BCUT2D eigenvalue weighted by Gasteiger charge is 2.17. The number of halogens is 1. The van der Waals surface area contributed by atoms with Crippen molar-refractivity contribution in [1.82, 2.24) is 4.98 Å². The van der Waals surface area contributed by atoms with Gasteiger partial charge in [0.05, 0.1) is 6.61 Å². The van der Waals surface area contributed by atoms with E-state index in [2.05, 4.69) is 10.3 Å². The van der Waals surface area contributed by atoms with Gasteiger partial charge in [0, 0.05) is 19.3 Å². The summed E-state index contributed by atoms with van der Waals surface area (Å²) in [5, 5.41) is 11.6. The molecule has 18 heavy (non-hydrogen) atoms. The topological polar surface area (TPSA) is 71.5 Å². The lowest BCUT2D eigenvalue weighted by atomic mass is 10.0. The van der Waals surface area contributed by atoms with Crippen LogP contribution in [0.2, 0.25) is 0 Å². The summed E-state index contributed by atoms with van der Waals surface area (Å²) in [5.74, 6) is -1.81. The Labute approximate surface area is 104 Å². The maximum absolute atomic E-state index is 13.7. The molecule has 0 aliphatic carbocycles. The number of carboxylic acid groups (broad SMARTS) is 1. The normalized spacial score (nSPS) is 19.5. The molecular formula is C12H15FN2O3. The molecule has 1 aromatic rings.